The molecule has 22 heavy (non-hydrogen) atoms. The number of thiocarbonyl (C=S) groups is 1. The summed E-state index contributed by atoms with van der Waals surface area (Å²) in [6, 6.07) is 0. The van der Waals surface area contributed by atoms with Gasteiger partial charge in [-0.05, 0) is 50.6 Å². The Bertz CT molecular complexity index is 394. The molecular formula is C15H28ClN3O2S. The van der Waals surface area contributed by atoms with Gasteiger partial charge in [-0.2, -0.15) is 0 Å². The highest BCUT2D eigenvalue weighted by molar-refractivity contribution is 7.80. The van der Waals surface area contributed by atoms with Gasteiger partial charge in [-0.25, -0.2) is 0 Å². The number of rotatable bonds is 8. The minimum atomic E-state index is -1.01. The van der Waals surface area contributed by atoms with Gasteiger partial charge in [-0.15, -0.1) is 12.4 Å². The second kappa shape index (κ2) is 9.43. The van der Waals surface area contributed by atoms with E-state index in [4.69, 9.17) is 12.2 Å². The van der Waals surface area contributed by atoms with Gasteiger partial charge in [-0.3, -0.25) is 9.59 Å². The van der Waals surface area contributed by atoms with E-state index in [1.807, 2.05) is 6.92 Å². The molecule has 1 unspecified atom stereocenters. The molecule has 1 aliphatic rings. The molecule has 1 rings (SSSR count). The van der Waals surface area contributed by atoms with E-state index in [-0.39, 0.29) is 35.3 Å². The minimum absolute atomic E-state index is 0. The summed E-state index contributed by atoms with van der Waals surface area (Å²) in [4.78, 5) is 27.4. The summed E-state index contributed by atoms with van der Waals surface area (Å²) < 4.78 is 0. The zero-order valence-corrected chi connectivity index (χ0v) is 15.5. The van der Waals surface area contributed by atoms with E-state index in [2.05, 4.69) is 36.3 Å². The number of hydrogen-bond donors (Lipinski definition) is 2. The summed E-state index contributed by atoms with van der Waals surface area (Å²) in [5, 5.41) is 5.40. The molecule has 0 aromatic rings. The van der Waals surface area contributed by atoms with Crippen molar-refractivity contribution in [2.45, 2.75) is 47.0 Å². The Balaban J connectivity index is 0.00000441. The largest absolute Gasteiger partial charge is 0.304 e. The average Bonchev–Trinajstić information content (AvgIpc) is 2.42. The molecule has 2 amide bonds. The van der Waals surface area contributed by atoms with Gasteiger partial charge in [-0.1, -0.05) is 34.1 Å². The van der Waals surface area contributed by atoms with Gasteiger partial charge in [0.05, 0.1) is 0 Å². The van der Waals surface area contributed by atoms with Crippen LogP contribution in [0.3, 0.4) is 0 Å². The van der Waals surface area contributed by atoms with Crippen molar-refractivity contribution >= 4 is 41.6 Å². The standard InChI is InChI=1S/C15H27N3O2S.ClH/c1-5-8-11(4)15(9-10-18(6-2)7-3)12(19)16-14(21)17-13(15)20;/h11H,5-10H2,1-4H3,(H2,16,17,19,20,21);1H. The van der Waals surface area contributed by atoms with Crippen LogP contribution in [0.4, 0.5) is 0 Å². The van der Waals surface area contributed by atoms with Crippen molar-refractivity contribution in [1.29, 1.82) is 0 Å². The van der Waals surface area contributed by atoms with Crippen LogP contribution in [-0.2, 0) is 9.59 Å². The molecule has 5 nitrogen and oxygen atoms in total. The van der Waals surface area contributed by atoms with Crippen molar-refractivity contribution in [3.8, 4) is 0 Å². The highest BCUT2D eigenvalue weighted by Gasteiger charge is 2.52. The second-order valence-electron chi connectivity index (χ2n) is 5.68. The Labute approximate surface area is 145 Å². The summed E-state index contributed by atoms with van der Waals surface area (Å²) in [5.41, 5.74) is -1.01. The van der Waals surface area contributed by atoms with Crippen molar-refractivity contribution in [2.24, 2.45) is 11.3 Å². The topological polar surface area (TPSA) is 61.4 Å². The van der Waals surface area contributed by atoms with Crippen LogP contribution in [0.15, 0.2) is 0 Å². The molecule has 7 heteroatoms. The quantitative estimate of drug-likeness (QED) is 0.520. The van der Waals surface area contributed by atoms with Crippen LogP contribution in [0.2, 0.25) is 0 Å². The summed E-state index contributed by atoms with van der Waals surface area (Å²) in [6.45, 7) is 10.8. The lowest BCUT2D eigenvalue weighted by Crippen LogP contribution is -2.65. The van der Waals surface area contributed by atoms with Crippen LogP contribution in [0.5, 0.6) is 0 Å². The first-order valence-electron chi connectivity index (χ1n) is 7.81. The van der Waals surface area contributed by atoms with Gasteiger partial charge in [0.2, 0.25) is 11.8 Å². The zero-order chi connectivity index (χ0) is 16.0. The first kappa shape index (κ1) is 21.3. The van der Waals surface area contributed by atoms with Crippen LogP contribution < -0.4 is 10.6 Å². The van der Waals surface area contributed by atoms with E-state index in [9.17, 15) is 9.59 Å². The Morgan fingerprint density at radius 2 is 1.64 bits per heavy atom. The minimum Gasteiger partial charge on any atom is -0.304 e. The Morgan fingerprint density at radius 1 is 1.14 bits per heavy atom. The van der Waals surface area contributed by atoms with E-state index in [1.165, 1.54) is 0 Å². The molecule has 2 N–H and O–H groups in total. The molecule has 0 aliphatic carbocycles. The smallest absolute Gasteiger partial charge is 0.242 e. The SMILES string of the molecule is CCCC(C)C1(CCN(CC)CC)C(=O)NC(=S)NC1=O.Cl. The maximum atomic E-state index is 12.6. The fourth-order valence-corrected chi connectivity index (χ4v) is 3.22. The van der Waals surface area contributed by atoms with Crippen LogP contribution in [0.25, 0.3) is 0 Å². The van der Waals surface area contributed by atoms with Crippen LogP contribution >= 0.6 is 24.6 Å². The number of carbonyl (C=O) groups is 2. The lowest BCUT2D eigenvalue weighted by molar-refractivity contribution is -0.148. The zero-order valence-electron chi connectivity index (χ0n) is 13.9. The first-order chi connectivity index (χ1) is 9.92. The van der Waals surface area contributed by atoms with Gasteiger partial charge in [0, 0.05) is 0 Å². The van der Waals surface area contributed by atoms with E-state index in [1.54, 1.807) is 0 Å². The molecule has 1 aliphatic heterocycles. The van der Waals surface area contributed by atoms with E-state index in [0.717, 1.165) is 32.5 Å². The van der Waals surface area contributed by atoms with Gasteiger partial charge in [0.25, 0.3) is 0 Å². The molecule has 0 bridgehead atoms. The number of hydrogen-bond acceptors (Lipinski definition) is 4. The average molecular weight is 350 g/mol. The lowest BCUT2D eigenvalue weighted by atomic mass is 9.69. The highest BCUT2D eigenvalue weighted by Crippen LogP contribution is 2.37. The molecule has 1 atom stereocenters. The van der Waals surface area contributed by atoms with Gasteiger partial charge >= 0.3 is 0 Å². The maximum Gasteiger partial charge on any atom is 0.242 e. The number of nitrogens with zero attached hydrogens (tertiary/aromatic N) is 1. The summed E-state index contributed by atoms with van der Waals surface area (Å²) in [6.07, 6.45) is 2.31. The maximum absolute atomic E-state index is 12.6. The Kier molecular flexibility index (Phi) is 9.12. The summed E-state index contributed by atoms with van der Waals surface area (Å²) in [7, 11) is 0. The molecule has 0 aromatic carbocycles. The molecule has 0 saturated carbocycles. The van der Waals surface area contributed by atoms with Gasteiger partial charge in [0.1, 0.15) is 5.41 Å². The molecule has 128 valence electrons. The predicted molar refractivity (Wildman–Crippen MR) is 95.0 cm³/mol. The summed E-state index contributed by atoms with van der Waals surface area (Å²) in [5.74, 6) is -0.505. The van der Waals surface area contributed by atoms with E-state index in [0.29, 0.717) is 6.42 Å². The van der Waals surface area contributed by atoms with Gasteiger partial charge in [0.15, 0.2) is 5.11 Å². The summed E-state index contributed by atoms with van der Waals surface area (Å²) >= 11 is 4.92. The van der Waals surface area contributed by atoms with E-state index < -0.39 is 5.41 Å². The highest BCUT2D eigenvalue weighted by atomic mass is 35.5. The number of nitrogens with one attached hydrogen (secondary N) is 2. The van der Waals surface area contributed by atoms with Crippen molar-refractivity contribution in [1.82, 2.24) is 15.5 Å². The molecule has 0 radical (unpaired) electrons. The third-order valence-electron chi connectivity index (χ3n) is 4.54. The lowest BCUT2D eigenvalue weighted by Gasteiger charge is -2.40. The van der Waals surface area contributed by atoms with Crippen molar-refractivity contribution in [3.63, 3.8) is 0 Å². The Hall–Kier alpha value is -0.720. The fraction of sp³-hybridized carbons (Fsp3) is 0.800. The van der Waals surface area contributed by atoms with Crippen molar-refractivity contribution in [2.75, 3.05) is 19.6 Å². The first-order valence-corrected chi connectivity index (χ1v) is 8.22. The van der Waals surface area contributed by atoms with Crippen molar-refractivity contribution < 1.29 is 9.59 Å². The van der Waals surface area contributed by atoms with Crippen LogP contribution in [0, 0.1) is 11.3 Å². The molecule has 0 aromatic heterocycles. The third-order valence-corrected chi connectivity index (χ3v) is 4.75. The normalized spacial score (nSPS) is 18.5. The van der Waals surface area contributed by atoms with Crippen LogP contribution in [0.1, 0.15) is 47.0 Å². The van der Waals surface area contributed by atoms with E-state index >= 15 is 0 Å². The Morgan fingerprint density at radius 3 is 2.05 bits per heavy atom. The number of carbonyl (C=O) groups excluding carboxylic acids is 2. The number of halogens is 1. The molecule has 0 spiro atoms. The monoisotopic (exact) mass is 349 g/mol. The fourth-order valence-electron chi connectivity index (χ4n) is 3.04. The third kappa shape index (κ3) is 4.40. The van der Waals surface area contributed by atoms with Gasteiger partial charge < -0.3 is 15.5 Å². The van der Waals surface area contributed by atoms with Crippen molar-refractivity contribution in [3.05, 3.63) is 0 Å². The molecule has 1 fully saturated rings. The molecular weight excluding hydrogens is 322 g/mol. The second-order valence-corrected chi connectivity index (χ2v) is 6.08. The van der Waals surface area contributed by atoms with Crippen LogP contribution in [-0.4, -0.2) is 41.5 Å². The molecule has 1 heterocycles. The number of amides is 2. The predicted octanol–water partition coefficient (Wildman–Crippen LogP) is 2.09. The molecule has 1 saturated heterocycles.